The van der Waals surface area contributed by atoms with Gasteiger partial charge in [0.15, 0.2) is 0 Å². The van der Waals surface area contributed by atoms with Gasteiger partial charge >= 0.3 is 11.9 Å². The second kappa shape index (κ2) is 5.95. The van der Waals surface area contributed by atoms with Crippen LogP contribution in [0.15, 0.2) is 0 Å². The minimum atomic E-state index is -1.49. The fourth-order valence-electron chi connectivity index (χ4n) is 1.43. The van der Waals surface area contributed by atoms with E-state index in [1.165, 1.54) is 0 Å². The Bertz CT molecular complexity index is 534. The van der Waals surface area contributed by atoms with Gasteiger partial charge in [-0.15, -0.1) is 5.10 Å². The topological polar surface area (TPSA) is 129 Å². The van der Waals surface area contributed by atoms with Gasteiger partial charge < -0.3 is 15.5 Å². The minimum Gasteiger partial charge on any atom is -0.481 e. The molecule has 1 rings (SSSR count). The summed E-state index contributed by atoms with van der Waals surface area (Å²) in [5.74, 6) is -3.40. The first-order valence-electron chi connectivity index (χ1n) is 5.71. The van der Waals surface area contributed by atoms with Crippen molar-refractivity contribution in [3.05, 3.63) is 10.6 Å². The van der Waals surface area contributed by atoms with E-state index in [1.54, 1.807) is 0 Å². The number of carbonyl (C=O) groups excluding carboxylic acids is 1. The van der Waals surface area contributed by atoms with Crippen molar-refractivity contribution in [1.29, 1.82) is 0 Å². The summed E-state index contributed by atoms with van der Waals surface area (Å²) in [6.07, 6.45) is -0.696. The molecule has 0 aliphatic carbocycles. The SMILES string of the molecule is CC(C)(C)c1nnsc1C(=O)N[C@H](CC(=O)O)C(=O)O. The fraction of sp³-hybridized carbons (Fsp3) is 0.545. The van der Waals surface area contributed by atoms with Crippen molar-refractivity contribution in [2.24, 2.45) is 0 Å². The lowest BCUT2D eigenvalue weighted by atomic mass is 9.91. The molecule has 0 aliphatic rings. The summed E-state index contributed by atoms with van der Waals surface area (Å²) in [6, 6.07) is -1.49. The van der Waals surface area contributed by atoms with Crippen LogP contribution < -0.4 is 5.32 Å². The maximum Gasteiger partial charge on any atom is 0.326 e. The number of hydrogen-bond donors (Lipinski definition) is 3. The van der Waals surface area contributed by atoms with E-state index < -0.39 is 35.7 Å². The van der Waals surface area contributed by atoms with E-state index in [-0.39, 0.29) is 4.88 Å². The molecule has 0 saturated carbocycles. The molecule has 8 nitrogen and oxygen atoms in total. The summed E-state index contributed by atoms with van der Waals surface area (Å²) in [6.45, 7) is 5.52. The number of aromatic nitrogens is 2. The van der Waals surface area contributed by atoms with E-state index in [4.69, 9.17) is 10.2 Å². The van der Waals surface area contributed by atoms with Crippen molar-refractivity contribution in [2.75, 3.05) is 0 Å². The average molecular weight is 301 g/mol. The van der Waals surface area contributed by atoms with Crippen molar-refractivity contribution < 1.29 is 24.6 Å². The fourth-order valence-corrected chi connectivity index (χ4v) is 2.21. The molecular weight excluding hydrogens is 286 g/mol. The molecule has 1 aromatic rings. The summed E-state index contributed by atoms with van der Waals surface area (Å²) in [5, 5.41) is 23.6. The number of nitrogens with one attached hydrogen (secondary N) is 1. The van der Waals surface area contributed by atoms with Crippen LogP contribution in [-0.2, 0) is 15.0 Å². The third-order valence-electron chi connectivity index (χ3n) is 2.39. The molecule has 0 spiro atoms. The molecule has 0 fully saturated rings. The van der Waals surface area contributed by atoms with Gasteiger partial charge in [-0.25, -0.2) is 4.79 Å². The maximum absolute atomic E-state index is 12.0. The Morgan fingerprint density at radius 1 is 1.30 bits per heavy atom. The van der Waals surface area contributed by atoms with Crippen LogP contribution in [0.2, 0.25) is 0 Å². The Balaban J connectivity index is 2.93. The monoisotopic (exact) mass is 301 g/mol. The van der Waals surface area contributed by atoms with Crippen molar-refractivity contribution >= 4 is 29.4 Å². The summed E-state index contributed by atoms with van der Waals surface area (Å²) in [4.78, 5) is 33.7. The second-order valence-corrected chi connectivity index (χ2v) is 5.92. The third kappa shape index (κ3) is 3.98. The average Bonchev–Trinajstić information content (AvgIpc) is 2.75. The van der Waals surface area contributed by atoms with E-state index in [9.17, 15) is 14.4 Å². The molecule has 20 heavy (non-hydrogen) atoms. The molecule has 9 heteroatoms. The molecule has 0 bridgehead atoms. The first-order valence-corrected chi connectivity index (χ1v) is 6.48. The van der Waals surface area contributed by atoms with Crippen molar-refractivity contribution in [3.8, 4) is 0 Å². The molecule has 1 atom stereocenters. The summed E-state index contributed by atoms with van der Waals surface area (Å²) in [7, 11) is 0. The smallest absolute Gasteiger partial charge is 0.326 e. The summed E-state index contributed by atoms with van der Waals surface area (Å²) < 4.78 is 3.69. The quantitative estimate of drug-likeness (QED) is 0.721. The zero-order valence-corrected chi connectivity index (χ0v) is 12.0. The van der Waals surface area contributed by atoms with Gasteiger partial charge in [-0.2, -0.15) is 0 Å². The lowest BCUT2D eigenvalue weighted by Gasteiger charge is -2.17. The molecule has 1 heterocycles. The molecule has 1 amide bonds. The largest absolute Gasteiger partial charge is 0.481 e. The van der Waals surface area contributed by atoms with Gasteiger partial charge in [-0.05, 0) is 11.5 Å². The number of carboxylic acids is 2. The normalized spacial score (nSPS) is 12.8. The molecule has 1 aromatic heterocycles. The highest BCUT2D eigenvalue weighted by molar-refractivity contribution is 7.08. The van der Waals surface area contributed by atoms with E-state index in [0.717, 1.165) is 11.5 Å². The Kier molecular flexibility index (Phi) is 4.77. The van der Waals surface area contributed by atoms with Gasteiger partial charge in [0.1, 0.15) is 10.9 Å². The zero-order chi connectivity index (χ0) is 15.5. The molecule has 0 radical (unpaired) electrons. The lowest BCUT2D eigenvalue weighted by Crippen LogP contribution is -2.42. The first-order chi connectivity index (χ1) is 9.12. The lowest BCUT2D eigenvalue weighted by molar-refractivity contribution is -0.145. The predicted octanol–water partition coefficient (Wildman–Crippen LogP) is 0.493. The molecule has 0 saturated heterocycles. The Hall–Kier alpha value is -2.03. The molecular formula is C11H15N3O5S. The van der Waals surface area contributed by atoms with Crippen molar-refractivity contribution in [1.82, 2.24) is 14.9 Å². The van der Waals surface area contributed by atoms with Crippen LogP contribution in [0.3, 0.4) is 0 Å². The van der Waals surface area contributed by atoms with Gasteiger partial charge in [-0.3, -0.25) is 9.59 Å². The number of nitrogens with zero attached hydrogens (tertiary/aromatic N) is 2. The third-order valence-corrected chi connectivity index (χ3v) is 3.11. The van der Waals surface area contributed by atoms with Crippen LogP contribution >= 0.6 is 11.5 Å². The predicted molar refractivity (Wildman–Crippen MR) is 69.8 cm³/mol. The van der Waals surface area contributed by atoms with E-state index >= 15 is 0 Å². The van der Waals surface area contributed by atoms with Gasteiger partial charge in [0, 0.05) is 5.41 Å². The van der Waals surface area contributed by atoms with Gasteiger partial charge in [0.05, 0.1) is 12.1 Å². The highest BCUT2D eigenvalue weighted by atomic mass is 32.1. The number of rotatable bonds is 5. The highest BCUT2D eigenvalue weighted by Gasteiger charge is 2.29. The molecule has 110 valence electrons. The Labute approximate surface area is 119 Å². The summed E-state index contributed by atoms with van der Waals surface area (Å²) in [5.41, 5.74) is 0.0185. The number of amides is 1. The van der Waals surface area contributed by atoms with E-state index in [0.29, 0.717) is 5.69 Å². The van der Waals surface area contributed by atoms with Crippen LogP contribution in [0.4, 0.5) is 0 Å². The van der Waals surface area contributed by atoms with Gasteiger partial charge in [-0.1, -0.05) is 25.3 Å². The van der Waals surface area contributed by atoms with Crippen LogP contribution in [-0.4, -0.2) is 43.7 Å². The van der Waals surface area contributed by atoms with Crippen LogP contribution in [0, 0.1) is 0 Å². The Morgan fingerprint density at radius 2 is 1.90 bits per heavy atom. The van der Waals surface area contributed by atoms with Crippen LogP contribution in [0.5, 0.6) is 0 Å². The second-order valence-electron chi connectivity index (χ2n) is 5.16. The first kappa shape index (κ1) is 16.0. The Morgan fingerprint density at radius 3 is 2.35 bits per heavy atom. The standard InChI is InChI=1S/C11H15N3O5S/c1-11(2,3)8-7(20-14-13-8)9(17)12-5(10(18)19)4-6(15)16/h5H,4H2,1-3H3,(H,12,17)(H,15,16)(H,18,19)/t5-/m1/s1. The molecule has 0 aliphatic heterocycles. The maximum atomic E-state index is 12.0. The number of aliphatic carboxylic acids is 2. The number of carbonyl (C=O) groups is 3. The highest BCUT2D eigenvalue weighted by Crippen LogP contribution is 2.25. The minimum absolute atomic E-state index is 0.189. The molecule has 0 unspecified atom stereocenters. The molecule has 3 N–H and O–H groups in total. The van der Waals surface area contributed by atoms with Gasteiger partial charge in [0.2, 0.25) is 0 Å². The van der Waals surface area contributed by atoms with E-state index in [2.05, 4.69) is 14.9 Å². The van der Waals surface area contributed by atoms with Crippen LogP contribution in [0.1, 0.15) is 42.6 Å². The number of carboxylic acid groups (broad SMARTS) is 2. The summed E-state index contributed by atoms with van der Waals surface area (Å²) >= 11 is 0.844. The van der Waals surface area contributed by atoms with Gasteiger partial charge in [0.25, 0.3) is 5.91 Å². The van der Waals surface area contributed by atoms with Crippen molar-refractivity contribution in [3.63, 3.8) is 0 Å². The van der Waals surface area contributed by atoms with Crippen LogP contribution in [0.25, 0.3) is 0 Å². The molecule has 0 aromatic carbocycles. The zero-order valence-electron chi connectivity index (χ0n) is 11.2. The van der Waals surface area contributed by atoms with E-state index in [1.807, 2.05) is 20.8 Å². The van der Waals surface area contributed by atoms with Crippen molar-refractivity contribution in [2.45, 2.75) is 38.6 Å². The number of hydrogen-bond acceptors (Lipinski definition) is 6.